The first-order valence-corrected chi connectivity index (χ1v) is 5.42. The lowest BCUT2D eigenvalue weighted by Gasteiger charge is -2.11. The van der Waals surface area contributed by atoms with Crippen LogP contribution in [-0.2, 0) is 0 Å². The lowest BCUT2D eigenvalue weighted by Crippen LogP contribution is -2.19. The van der Waals surface area contributed by atoms with Gasteiger partial charge in [0.2, 0.25) is 0 Å². The van der Waals surface area contributed by atoms with Crippen molar-refractivity contribution in [2.45, 2.75) is 31.4 Å². The smallest absolute Gasteiger partial charge is 0.123 e. The van der Waals surface area contributed by atoms with Crippen molar-refractivity contribution in [3.8, 4) is 0 Å². The maximum atomic E-state index is 12.6. The molecule has 0 spiro atoms. The van der Waals surface area contributed by atoms with Gasteiger partial charge in [-0.25, -0.2) is 4.39 Å². The zero-order chi connectivity index (χ0) is 10.7. The van der Waals surface area contributed by atoms with E-state index in [0.717, 1.165) is 12.1 Å². The summed E-state index contributed by atoms with van der Waals surface area (Å²) >= 11 is 0. The van der Waals surface area contributed by atoms with Gasteiger partial charge in [-0.05, 0) is 43.5 Å². The first-order valence-electron chi connectivity index (χ1n) is 5.42. The number of rotatable bonds is 5. The van der Waals surface area contributed by atoms with Crippen molar-refractivity contribution in [3.63, 3.8) is 0 Å². The standard InChI is InChI=1S/C12H16FNO/c13-10-3-1-9(2-4-10)12(15)7-8-14-11-5-6-11/h1-4,11-12,14-15H,5-8H2. The van der Waals surface area contributed by atoms with E-state index in [0.29, 0.717) is 12.5 Å². The molecule has 1 aromatic carbocycles. The summed E-state index contributed by atoms with van der Waals surface area (Å²) in [6, 6.07) is 6.71. The Balaban J connectivity index is 1.78. The van der Waals surface area contributed by atoms with Gasteiger partial charge >= 0.3 is 0 Å². The van der Waals surface area contributed by atoms with Crippen molar-refractivity contribution < 1.29 is 9.50 Å². The van der Waals surface area contributed by atoms with Gasteiger partial charge < -0.3 is 10.4 Å². The molecule has 3 heteroatoms. The Bertz CT molecular complexity index is 308. The molecule has 1 aromatic rings. The van der Waals surface area contributed by atoms with Crippen LogP contribution in [0, 0.1) is 5.82 Å². The van der Waals surface area contributed by atoms with Crippen LogP contribution in [0.15, 0.2) is 24.3 Å². The van der Waals surface area contributed by atoms with Crippen LogP contribution in [0.25, 0.3) is 0 Å². The van der Waals surface area contributed by atoms with Crippen molar-refractivity contribution in [1.82, 2.24) is 5.32 Å². The van der Waals surface area contributed by atoms with Crippen molar-refractivity contribution in [3.05, 3.63) is 35.6 Å². The number of aliphatic hydroxyl groups excluding tert-OH is 1. The summed E-state index contributed by atoms with van der Waals surface area (Å²) in [5.41, 5.74) is 0.786. The zero-order valence-corrected chi connectivity index (χ0v) is 8.62. The molecule has 15 heavy (non-hydrogen) atoms. The van der Waals surface area contributed by atoms with E-state index in [2.05, 4.69) is 5.32 Å². The summed E-state index contributed by atoms with van der Waals surface area (Å²) < 4.78 is 12.6. The maximum absolute atomic E-state index is 12.6. The summed E-state index contributed by atoms with van der Waals surface area (Å²) in [6.07, 6.45) is 2.71. The Morgan fingerprint density at radius 3 is 2.60 bits per heavy atom. The summed E-state index contributed by atoms with van der Waals surface area (Å²) in [4.78, 5) is 0. The third-order valence-corrected chi connectivity index (χ3v) is 2.68. The number of nitrogens with one attached hydrogen (secondary N) is 1. The largest absolute Gasteiger partial charge is 0.388 e. The number of aliphatic hydroxyl groups is 1. The Kier molecular flexibility index (Phi) is 3.34. The fraction of sp³-hybridized carbons (Fsp3) is 0.500. The quantitative estimate of drug-likeness (QED) is 0.777. The van der Waals surface area contributed by atoms with Gasteiger partial charge in [0, 0.05) is 6.04 Å². The topological polar surface area (TPSA) is 32.3 Å². The molecule has 0 radical (unpaired) electrons. The molecule has 2 rings (SSSR count). The SMILES string of the molecule is OC(CCNC1CC1)c1ccc(F)cc1. The number of benzene rings is 1. The van der Waals surface area contributed by atoms with E-state index in [1.54, 1.807) is 12.1 Å². The summed E-state index contributed by atoms with van der Waals surface area (Å²) in [7, 11) is 0. The van der Waals surface area contributed by atoms with Gasteiger partial charge in [0.1, 0.15) is 5.82 Å². The molecule has 0 aromatic heterocycles. The zero-order valence-electron chi connectivity index (χ0n) is 8.62. The number of hydrogen-bond donors (Lipinski definition) is 2. The van der Waals surface area contributed by atoms with E-state index in [-0.39, 0.29) is 5.82 Å². The van der Waals surface area contributed by atoms with Crippen LogP contribution >= 0.6 is 0 Å². The highest BCUT2D eigenvalue weighted by Gasteiger charge is 2.20. The molecule has 0 heterocycles. The molecule has 0 aliphatic heterocycles. The molecule has 1 aliphatic rings. The second-order valence-electron chi connectivity index (χ2n) is 4.08. The normalized spacial score (nSPS) is 17.7. The predicted octanol–water partition coefficient (Wildman–Crippen LogP) is 2.00. The summed E-state index contributed by atoms with van der Waals surface area (Å²) in [5.74, 6) is -0.262. The molecule has 0 bridgehead atoms. The third-order valence-electron chi connectivity index (χ3n) is 2.68. The van der Waals surface area contributed by atoms with Gasteiger partial charge in [0.15, 0.2) is 0 Å². The van der Waals surface area contributed by atoms with Crippen LogP contribution in [0.1, 0.15) is 30.9 Å². The minimum absolute atomic E-state index is 0.262. The molecule has 0 saturated heterocycles. The summed E-state index contributed by atoms with van der Waals surface area (Å²) in [5, 5.41) is 13.1. The van der Waals surface area contributed by atoms with Gasteiger partial charge in [0.25, 0.3) is 0 Å². The monoisotopic (exact) mass is 209 g/mol. The minimum atomic E-state index is -0.489. The molecule has 2 nitrogen and oxygen atoms in total. The first kappa shape index (κ1) is 10.6. The molecule has 1 unspecified atom stereocenters. The molecule has 1 atom stereocenters. The number of halogens is 1. The van der Waals surface area contributed by atoms with Crippen molar-refractivity contribution in [2.24, 2.45) is 0 Å². The Morgan fingerprint density at radius 1 is 1.33 bits per heavy atom. The van der Waals surface area contributed by atoms with Gasteiger partial charge in [0.05, 0.1) is 6.10 Å². The van der Waals surface area contributed by atoms with Crippen molar-refractivity contribution >= 4 is 0 Å². The molecule has 1 saturated carbocycles. The number of hydrogen-bond acceptors (Lipinski definition) is 2. The Morgan fingerprint density at radius 2 is 2.00 bits per heavy atom. The highest BCUT2D eigenvalue weighted by molar-refractivity contribution is 5.18. The van der Waals surface area contributed by atoms with Gasteiger partial charge in [-0.15, -0.1) is 0 Å². The third kappa shape index (κ3) is 3.29. The van der Waals surface area contributed by atoms with E-state index in [1.807, 2.05) is 0 Å². The van der Waals surface area contributed by atoms with Crippen LogP contribution < -0.4 is 5.32 Å². The van der Waals surface area contributed by atoms with Gasteiger partial charge in [-0.2, -0.15) is 0 Å². The predicted molar refractivity (Wildman–Crippen MR) is 57.0 cm³/mol. The highest BCUT2D eigenvalue weighted by Crippen LogP contribution is 2.20. The maximum Gasteiger partial charge on any atom is 0.123 e. The second kappa shape index (κ2) is 4.73. The molecule has 82 valence electrons. The average Bonchev–Trinajstić information content (AvgIpc) is 3.02. The fourth-order valence-corrected chi connectivity index (χ4v) is 1.56. The minimum Gasteiger partial charge on any atom is -0.388 e. The average molecular weight is 209 g/mol. The second-order valence-corrected chi connectivity index (χ2v) is 4.08. The lowest BCUT2D eigenvalue weighted by atomic mass is 10.1. The first-order chi connectivity index (χ1) is 7.25. The van der Waals surface area contributed by atoms with Crippen LogP contribution in [0.5, 0.6) is 0 Å². The Hall–Kier alpha value is -0.930. The molecule has 1 aliphatic carbocycles. The van der Waals surface area contributed by atoms with E-state index in [1.165, 1.54) is 25.0 Å². The highest BCUT2D eigenvalue weighted by atomic mass is 19.1. The van der Waals surface area contributed by atoms with E-state index in [4.69, 9.17) is 0 Å². The fourth-order valence-electron chi connectivity index (χ4n) is 1.56. The molecule has 0 amide bonds. The van der Waals surface area contributed by atoms with Crippen LogP contribution in [0.3, 0.4) is 0 Å². The molecular formula is C12H16FNO. The van der Waals surface area contributed by atoms with Crippen molar-refractivity contribution in [1.29, 1.82) is 0 Å². The molecular weight excluding hydrogens is 193 g/mol. The summed E-state index contributed by atoms with van der Waals surface area (Å²) in [6.45, 7) is 0.823. The van der Waals surface area contributed by atoms with E-state index < -0.39 is 6.10 Å². The molecule has 1 fully saturated rings. The lowest BCUT2D eigenvalue weighted by molar-refractivity contribution is 0.166. The van der Waals surface area contributed by atoms with Gasteiger partial charge in [-0.1, -0.05) is 12.1 Å². The van der Waals surface area contributed by atoms with Crippen LogP contribution in [-0.4, -0.2) is 17.7 Å². The van der Waals surface area contributed by atoms with Crippen molar-refractivity contribution in [2.75, 3.05) is 6.54 Å². The van der Waals surface area contributed by atoms with E-state index >= 15 is 0 Å². The van der Waals surface area contributed by atoms with Gasteiger partial charge in [-0.3, -0.25) is 0 Å². The van der Waals surface area contributed by atoms with Crippen LogP contribution in [0.4, 0.5) is 4.39 Å². The Labute approximate surface area is 89.1 Å². The van der Waals surface area contributed by atoms with E-state index in [9.17, 15) is 9.50 Å². The molecule has 2 N–H and O–H groups in total. The van der Waals surface area contributed by atoms with Crippen LogP contribution in [0.2, 0.25) is 0 Å².